The summed E-state index contributed by atoms with van der Waals surface area (Å²) in [7, 11) is 0. The van der Waals surface area contributed by atoms with Gasteiger partial charge in [-0.3, -0.25) is 14.9 Å². The molecule has 3 aromatic carbocycles. The second kappa shape index (κ2) is 12.5. The van der Waals surface area contributed by atoms with Crippen LogP contribution in [-0.4, -0.2) is 41.5 Å². The lowest BCUT2D eigenvalue weighted by Gasteiger charge is -2.22. The highest BCUT2D eigenvalue weighted by molar-refractivity contribution is 5.79. The summed E-state index contributed by atoms with van der Waals surface area (Å²) in [6.07, 6.45) is -2.88. The molecule has 0 saturated carbocycles. The van der Waals surface area contributed by atoms with Crippen molar-refractivity contribution in [1.29, 1.82) is 0 Å². The van der Waals surface area contributed by atoms with Crippen LogP contribution in [0.4, 0.5) is 15.3 Å². The molecule has 41 heavy (non-hydrogen) atoms. The first kappa shape index (κ1) is 29.1. The highest BCUT2D eigenvalue weighted by atomic mass is 16.6. The van der Waals surface area contributed by atoms with E-state index in [9.17, 15) is 24.5 Å². The van der Waals surface area contributed by atoms with Crippen LogP contribution in [0.25, 0.3) is 11.1 Å². The Morgan fingerprint density at radius 3 is 2.00 bits per heavy atom. The van der Waals surface area contributed by atoms with Gasteiger partial charge in [0.25, 0.3) is 5.69 Å². The van der Waals surface area contributed by atoms with Crippen molar-refractivity contribution in [2.24, 2.45) is 0 Å². The van der Waals surface area contributed by atoms with Gasteiger partial charge in [-0.05, 0) is 61.6 Å². The molecule has 0 aromatic heterocycles. The molecular weight excluding hydrogens is 530 g/mol. The van der Waals surface area contributed by atoms with Crippen LogP contribution in [0.3, 0.4) is 0 Å². The molecule has 0 fully saturated rings. The molecule has 0 aliphatic heterocycles. The first-order chi connectivity index (χ1) is 19.5. The molecule has 11 heteroatoms. The third kappa shape index (κ3) is 7.81. The minimum Gasteiger partial charge on any atom is -0.460 e. The molecule has 2 N–H and O–H groups in total. The second-order valence-corrected chi connectivity index (χ2v) is 10.4. The fourth-order valence-corrected chi connectivity index (χ4v) is 4.53. The van der Waals surface area contributed by atoms with Gasteiger partial charge in [-0.25, -0.2) is 9.59 Å². The zero-order valence-corrected chi connectivity index (χ0v) is 22.9. The number of esters is 1. The van der Waals surface area contributed by atoms with E-state index < -0.39 is 34.8 Å². The van der Waals surface area contributed by atoms with Crippen molar-refractivity contribution in [2.45, 2.75) is 51.3 Å². The summed E-state index contributed by atoms with van der Waals surface area (Å²) in [4.78, 5) is 48.0. The lowest BCUT2D eigenvalue weighted by Crippen LogP contribution is -2.49. The molecule has 0 spiro atoms. The highest BCUT2D eigenvalue weighted by Crippen LogP contribution is 2.44. The summed E-state index contributed by atoms with van der Waals surface area (Å²) in [5, 5.41) is 15.9. The normalized spacial score (nSPS) is 12.9. The van der Waals surface area contributed by atoms with Crippen molar-refractivity contribution >= 4 is 23.8 Å². The predicted molar refractivity (Wildman–Crippen MR) is 149 cm³/mol. The van der Waals surface area contributed by atoms with Gasteiger partial charge in [-0.1, -0.05) is 48.5 Å². The molecule has 214 valence electrons. The first-order valence-electron chi connectivity index (χ1n) is 13.1. The monoisotopic (exact) mass is 561 g/mol. The van der Waals surface area contributed by atoms with Crippen LogP contribution in [0, 0.1) is 10.1 Å². The Kier molecular flexibility index (Phi) is 8.86. The van der Waals surface area contributed by atoms with Crippen molar-refractivity contribution in [1.82, 2.24) is 10.6 Å². The van der Waals surface area contributed by atoms with Gasteiger partial charge in [0.15, 0.2) is 0 Å². The Labute approximate surface area is 236 Å². The average Bonchev–Trinajstić information content (AvgIpc) is 3.23. The molecule has 0 heterocycles. The van der Waals surface area contributed by atoms with Gasteiger partial charge in [0.2, 0.25) is 0 Å². The lowest BCUT2D eigenvalue weighted by atomic mass is 9.98. The third-order valence-corrected chi connectivity index (χ3v) is 6.24. The van der Waals surface area contributed by atoms with Crippen molar-refractivity contribution in [3.05, 3.63) is 94.0 Å². The van der Waals surface area contributed by atoms with Crippen LogP contribution in [0.5, 0.6) is 5.75 Å². The van der Waals surface area contributed by atoms with E-state index in [-0.39, 0.29) is 36.8 Å². The lowest BCUT2D eigenvalue weighted by molar-refractivity contribution is -0.384. The van der Waals surface area contributed by atoms with E-state index in [2.05, 4.69) is 10.6 Å². The maximum atomic E-state index is 12.8. The average molecular weight is 562 g/mol. The Morgan fingerprint density at radius 1 is 0.878 bits per heavy atom. The van der Waals surface area contributed by atoms with E-state index in [0.717, 1.165) is 22.3 Å². The van der Waals surface area contributed by atoms with Crippen LogP contribution >= 0.6 is 0 Å². The van der Waals surface area contributed by atoms with Gasteiger partial charge >= 0.3 is 18.2 Å². The number of ether oxygens (including phenoxy) is 3. The molecule has 11 nitrogen and oxygen atoms in total. The van der Waals surface area contributed by atoms with Crippen LogP contribution in [-0.2, 0) is 14.3 Å². The number of benzene rings is 3. The highest BCUT2D eigenvalue weighted by Gasteiger charge is 2.29. The largest absolute Gasteiger partial charge is 0.460 e. The number of nitro benzene ring substituents is 1. The standard InChI is InChI=1S/C30H31N3O8/c1-30(2,3)41-27(34)17-16-26(32-29(36)40-20-14-12-19(13-15-20)33(37)38)31-28(35)39-18-25-23-10-6-4-8-21(23)22-9-5-7-11-24(22)25/h4-15,25-26H,16-18H2,1-3H3,(H,31,35)(H,32,36)/t26-/m0/s1. The van der Waals surface area contributed by atoms with Crippen molar-refractivity contribution in [3.8, 4) is 16.9 Å². The SMILES string of the molecule is CC(C)(C)OC(=O)CC[C@@H](NC(=O)OCC1c2ccccc2-c2ccccc21)NC(=O)Oc1ccc([N+](=O)[O-])cc1. The maximum absolute atomic E-state index is 12.8. The van der Waals surface area contributed by atoms with Crippen LogP contribution in [0.2, 0.25) is 0 Å². The number of carbonyl (C=O) groups excluding carboxylic acids is 3. The van der Waals surface area contributed by atoms with Crippen LogP contribution in [0.1, 0.15) is 50.7 Å². The zero-order valence-electron chi connectivity index (χ0n) is 22.9. The number of non-ortho nitro benzene ring substituents is 1. The summed E-state index contributed by atoms with van der Waals surface area (Å²) in [5.41, 5.74) is 3.41. The Hall–Kier alpha value is -4.93. The number of nitro groups is 1. The van der Waals surface area contributed by atoms with Gasteiger partial charge in [-0.2, -0.15) is 0 Å². The van der Waals surface area contributed by atoms with Crippen LogP contribution in [0.15, 0.2) is 72.8 Å². The number of fused-ring (bicyclic) bond motifs is 3. The Bertz CT molecular complexity index is 1390. The van der Waals surface area contributed by atoms with Crippen molar-refractivity contribution < 1.29 is 33.5 Å². The molecule has 1 aliphatic rings. The summed E-state index contributed by atoms with van der Waals surface area (Å²) in [5.74, 6) is -0.615. The van der Waals surface area contributed by atoms with Gasteiger partial charge in [0.05, 0.1) is 4.92 Å². The maximum Gasteiger partial charge on any atom is 0.414 e. The van der Waals surface area contributed by atoms with Crippen LogP contribution < -0.4 is 15.4 Å². The molecule has 1 aliphatic carbocycles. The quantitative estimate of drug-likeness (QED) is 0.147. The third-order valence-electron chi connectivity index (χ3n) is 6.24. The molecule has 0 radical (unpaired) electrons. The molecule has 0 unspecified atom stereocenters. The zero-order chi connectivity index (χ0) is 29.6. The summed E-state index contributed by atoms with van der Waals surface area (Å²) in [6, 6.07) is 20.8. The molecule has 3 aromatic rings. The number of alkyl carbamates (subject to hydrolysis) is 1. The van der Waals surface area contributed by atoms with Crippen molar-refractivity contribution in [3.63, 3.8) is 0 Å². The van der Waals surface area contributed by atoms with E-state index in [1.165, 1.54) is 24.3 Å². The first-order valence-corrected chi connectivity index (χ1v) is 13.1. The fraction of sp³-hybridized carbons (Fsp3) is 0.300. The summed E-state index contributed by atoms with van der Waals surface area (Å²) in [6.45, 7) is 5.26. The second-order valence-electron chi connectivity index (χ2n) is 10.4. The number of carbonyl (C=O) groups is 3. The smallest absolute Gasteiger partial charge is 0.414 e. The molecule has 2 amide bonds. The van der Waals surface area contributed by atoms with E-state index in [0.29, 0.717) is 0 Å². The molecular formula is C30H31N3O8. The van der Waals surface area contributed by atoms with E-state index >= 15 is 0 Å². The number of hydrogen-bond donors (Lipinski definition) is 2. The summed E-state index contributed by atoms with van der Waals surface area (Å²) >= 11 is 0. The van der Waals surface area contributed by atoms with Gasteiger partial charge < -0.3 is 24.8 Å². The Balaban J connectivity index is 1.39. The van der Waals surface area contributed by atoms with Gasteiger partial charge in [0.1, 0.15) is 24.1 Å². The number of hydrogen-bond acceptors (Lipinski definition) is 8. The number of nitrogens with zero attached hydrogens (tertiary/aromatic N) is 1. The minimum atomic E-state index is -1.04. The Morgan fingerprint density at radius 2 is 1.44 bits per heavy atom. The molecule has 0 bridgehead atoms. The van der Waals surface area contributed by atoms with Crippen molar-refractivity contribution in [2.75, 3.05) is 6.61 Å². The number of rotatable bonds is 9. The summed E-state index contributed by atoms with van der Waals surface area (Å²) < 4.78 is 16.1. The predicted octanol–water partition coefficient (Wildman–Crippen LogP) is 5.67. The number of nitrogens with one attached hydrogen (secondary N) is 2. The molecule has 1 atom stereocenters. The van der Waals surface area contributed by atoms with E-state index in [1.54, 1.807) is 20.8 Å². The molecule has 0 saturated heterocycles. The van der Waals surface area contributed by atoms with E-state index in [4.69, 9.17) is 14.2 Å². The number of amides is 2. The van der Waals surface area contributed by atoms with E-state index in [1.807, 2.05) is 48.5 Å². The van der Waals surface area contributed by atoms with Gasteiger partial charge in [0, 0.05) is 24.5 Å². The molecule has 4 rings (SSSR count). The van der Waals surface area contributed by atoms with Gasteiger partial charge in [-0.15, -0.1) is 0 Å². The topological polar surface area (TPSA) is 146 Å². The fourth-order valence-electron chi connectivity index (χ4n) is 4.53. The minimum absolute atomic E-state index is 0.00549.